The second-order valence-corrected chi connectivity index (χ2v) is 10.1. The van der Waals surface area contributed by atoms with Crippen molar-refractivity contribution in [1.29, 1.82) is 5.26 Å². The van der Waals surface area contributed by atoms with E-state index in [1.807, 2.05) is 49.7 Å². The summed E-state index contributed by atoms with van der Waals surface area (Å²) in [4.78, 5) is 29.4. The molecule has 0 saturated heterocycles. The fourth-order valence-corrected chi connectivity index (χ4v) is 5.24. The number of nitrogens with one attached hydrogen (secondary N) is 1. The van der Waals surface area contributed by atoms with Gasteiger partial charge in [-0.2, -0.15) is 5.26 Å². The van der Waals surface area contributed by atoms with Gasteiger partial charge in [-0.1, -0.05) is 26.0 Å². The second-order valence-electron chi connectivity index (χ2n) is 10.1. The lowest BCUT2D eigenvalue weighted by molar-refractivity contribution is 0.102. The van der Waals surface area contributed by atoms with Crippen LogP contribution in [-0.2, 0) is 17.9 Å². The molecule has 2 aliphatic rings. The van der Waals surface area contributed by atoms with Crippen LogP contribution in [0.3, 0.4) is 0 Å². The maximum absolute atomic E-state index is 13.2. The van der Waals surface area contributed by atoms with Gasteiger partial charge in [0.05, 0.1) is 29.3 Å². The number of nitrogens with zero attached hydrogens (tertiary/aromatic N) is 5. The first-order valence-corrected chi connectivity index (χ1v) is 11.5. The molecule has 0 spiro atoms. The van der Waals surface area contributed by atoms with Gasteiger partial charge < -0.3 is 14.6 Å². The van der Waals surface area contributed by atoms with Crippen molar-refractivity contribution in [3.8, 4) is 11.8 Å². The molecule has 1 aliphatic heterocycles. The average Bonchev–Trinajstić information content (AvgIpc) is 3.38. The highest BCUT2D eigenvalue weighted by Crippen LogP contribution is 2.53. The van der Waals surface area contributed by atoms with Crippen molar-refractivity contribution in [2.45, 2.75) is 43.9 Å². The molecule has 9 nitrogen and oxygen atoms in total. The molecular formula is C26H26N6O3. The molecule has 1 fully saturated rings. The van der Waals surface area contributed by atoms with Crippen molar-refractivity contribution in [3.05, 3.63) is 65.0 Å². The minimum absolute atomic E-state index is 0.163. The largest absolute Gasteiger partial charge is 0.490 e. The number of anilines is 1. The monoisotopic (exact) mass is 470 g/mol. The van der Waals surface area contributed by atoms with Crippen LogP contribution in [0.2, 0.25) is 0 Å². The lowest BCUT2D eigenvalue weighted by Crippen LogP contribution is -2.44. The van der Waals surface area contributed by atoms with Crippen molar-refractivity contribution >= 4 is 17.9 Å². The summed E-state index contributed by atoms with van der Waals surface area (Å²) in [7, 11) is 1.91. The zero-order valence-electron chi connectivity index (χ0n) is 19.9. The number of rotatable bonds is 6. The third-order valence-corrected chi connectivity index (χ3v) is 7.05. The van der Waals surface area contributed by atoms with Crippen LogP contribution in [0.1, 0.15) is 71.0 Å². The van der Waals surface area contributed by atoms with Crippen molar-refractivity contribution in [1.82, 2.24) is 19.7 Å². The number of hydrogen-bond acceptors (Lipinski definition) is 7. The van der Waals surface area contributed by atoms with E-state index in [-0.39, 0.29) is 17.0 Å². The smallest absolute Gasteiger partial charge is 0.274 e. The van der Waals surface area contributed by atoms with Gasteiger partial charge in [0.15, 0.2) is 12.0 Å². The second kappa shape index (κ2) is 8.31. The molecule has 1 saturated carbocycles. The Morgan fingerprint density at radius 3 is 2.83 bits per heavy atom. The molecule has 0 unspecified atom stereocenters. The van der Waals surface area contributed by atoms with Crippen LogP contribution in [0.4, 0.5) is 5.69 Å². The van der Waals surface area contributed by atoms with Crippen LogP contribution < -0.4 is 10.1 Å². The number of benzene rings is 1. The van der Waals surface area contributed by atoms with Gasteiger partial charge in [0.1, 0.15) is 17.8 Å². The summed E-state index contributed by atoms with van der Waals surface area (Å²) in [6.45, 7) is 4.34. The summed E-state index contributed by atoms with van der Waals surface area (Å²) < 4.78 is 7.58. The van der Waals surface area contributed by atoms with Crippen molar-refractivity contribution < 1.29 is 14.3 Å². The van der Waals surface area contributed by atoms with Gasteiger partial charge in [-0.25, -0.2) is 4.98 Å². The first kappa shape index (κ1) is 22.7. The Balaban J connectivity index is 1.45. The Kier molecular flexibility index (Phi) is 5.39. The predicted molar refractivity (Wildman–Crippen MR) is 127 cm³/mol. The van der Waals surface area contributed by atoms with Crippen molar-refractivity contribution in [3.63, 3.8) is 0 Å². The summed E-state index contributed by atoms with van der Waals surface area (Å²) in [6.07, 6.45) is 4.44. The zero-order valence-corrected chi connectivity index (χ0v) is 19.9. The van der Waals surface area contributed by atoms with E-state index in [2.05, 4.69) is 26.6 Å². The number of ether oxygens (including phenoxy) is 1. The number of aldehydes is 1. The molecule has 2 aromatic heterocycles. The number of fused-ring (bicyclic) bond motifs is 1. The molecule has 3 heterocycles. The lowest BCUT2D eigenvalue weighted by Gasteiger charge is -2.46. The van der Waals surface area contributed by atoms with Crippen LogP contribution in [0.25, 0.3) is 0 Å². The Hall–Kier alpha value is -4.06. The highest BCUT2D eigenvalue weighted by Gasteiger charge is 2.49. The van der Waals surface area contributed by atoms with Gasteiger partial charge in [-0.15, -0.1) is 10.2 Å². The van der Waals surface area contributed by atoms with E-state index in [9.17, 15) is 9.59 Å². The molecule has 5 rings (SSSR count). The predicted octanol–water partition coefficient (Wildman–Crippen LogP) is 3.55. The quantitative estimate of drug-likeness (QED) is 0.547. The van der Waals surface area contributed by atoms with Gasteiger partial charge in [-0.3, -0.25) is 9.59 Å². The SMILES string of the molecule is Cn1cnnc1C1(c2cccc(NC(=O)c3cc(C=O)c4c(n3)C(C)(C)CO4)c2)CC(CC#N)C1. The molecule has 0 atom stereocenters. The Labute approximate surface area is 203 Å². The third kappa shape index (κ3) is 3.75. The van der Waals surface area contributed by atoms with E-state index >= 15 is 0 Å². The number of nitriles is 1. The van der Waals surface area contributed by atoms with Crippen LogP contribution in [0.15, 0.2) is 36.7 Å². The van der Waals surface area contributed by atoms with E-state index in [1.165, 1.54) is 6.07 Å². The van der Waals surface area contributed by atoms with Crippen LogP contribution in [0, 0.1) is 17.2 Å². The van der Waals surface area contributed by atoms with Crippen LogP contribution >= 0.6 is 0 Å². The molecule has 1 aliphatic carbocycles. The van der Waals surface area contributed by atoms with Gasteiger partial charge >= 0.3 is 0 Å². The maximum Gasteiger partial charge on any atom is 0.274 e. The first-order valence-electron chi connectivity index (χ1n) is 11.5. The Morgan fingerprint density at radius 2 is 2.14 bits per heavy atom. The summed E-state index contributed by atoms with van der Waals surface area (Å²) in [5, 5.41) is 20.5. The molecule has 178 valence electrons. The molecule has 1 N–H and O–H groups in total. The fourth-order valence-electron chi connectivity index (χ4n) is 5.24. The van der Waals surface area contributed by atoms with Gasteiger partial charge in [0, 0.05) is 24.6 Å². The maximum atomic E-state index is 13.2. The van der Waals surface area contributed by atoms with Gasteiger partial charge in [-0.05, 0) is 42.5 Å². The molecule has 1 aromatic carbocycles. The number of pyridine rings is 1. The van der Waals surface area contributed by atoms with E-state index < -0.39 is 11.3 Å². The number of amides is 1. The standard InChI is InChI=1S/C26H26N6O3/c1-25(2)14-35-21-17(13-33)9-20(30-22(21)25)23(34)29-19-6-4-5-18(10-19)26(11-16(12-26)7-8-27)24-31-28-15-32(24)3/h4-6,9-10,13,15-16H,7,11-12,14H2,1-3H3,(H,29,34). The Bertz CT molecular complexity index is 1360. The highest BCUT2D eigenvalue weighted by molar-refractivity contribution is 6.04. The van der Waals surface area contributed by atoms with Crippen molar-refractivity contribution in [2.24, 2.45) is 13.0 Å². The molecule has 9 heteroatoms. The van der Waals surface area contributed by atoms with E-state index in [4.69, 9.17) is 10.00 Å². The fraction of sp³-hybridized carbons (Fsp3) is 0.385. The minimum atomic E-state index is -0.403. The van der Waals surface area contributed by atoms with E-state index in [0.29, 0.717) is 42.0 Å². The first-order chi connectivity index (χ1) is 16.8. The number of hydrogen-bond donors (Lipinski definition) is 1. The van der Waals surface area contributed by atoms with Crippen LogP contribution in [-0.4, -0.2) is 38.5 Å². The molecule has 35 heavy (non-hydrogen) atoms. The summed E-state index contributed by atoms with van der Waals surface area (Å²) in [5.74, 6) is 1.18. The third-order valence-electron chi connectivity index (χ3n) is 7.05. The van der Waals surface area contributed by atoms with E-state index in [0.717, 1.165) is 24.2 Å². The molecule has 1 amide bonds. The zero-order chi connectivity index (χ0) is 24.8. The summed E-state index contributed by atoms with van der Waals surface area (Å²) in [5.41, 5.74) is 1.95. The summed E-state index contributed by atoms with van der Waals surface area (Å²) in [6, 6.07) is 11.4. The van der Waals surface area contributed by atoms with Crippen molar-refractivity contribution in [2.75, 3.05) is 11.9 Å². The molecule has 3 aromatic rings. The van der Waals surface area contributed by atoms with E-state index in [1.54, 1.807) is 6.33 Å². The number of carbonyl (C=O) groups excluding carboxylic acids is 2. The molecule has 0 radical (unpaired) electrons. The normalized spacial score (nSPS) is 21.8. The minimum Gasteiger partial charge on any atom is -0.490 e. The molecule has 0 bridgehead atoms. The Morgan fingerprint density at radius 1 is 1.34 bits per heavy atom. The number of aromatic nitrogens is 4. The lowest BCUT2D eigenvalue weighted by atomic mass is 9.57. The number of aryl methyl sites for hydroxylation is 1. The van der Waals surface area contributed by atoms with Crippen LogP contribution in [0.5, 0.6) is 5.75 Å². The topological polar surface area (TPSA) is 123 Å². The van der Waals surface area contributed by atoms with Gasteiger partial charge in [0.25, 0.3) is 5.91 Å². The molecular weight excluding hydrogens is 444 g/mol. The average molecular weight is 471 g/mol. The summed E-state index contributed by atoms with van der Waals surface area (Å²) >= 11 is 0. The number of carbonyl (C=O) groups is 2. The highest BCUT2D eigenvalue weighted by atomic mass is 16.5. The van der Waals surface area contributed by atoms with Gasteiger partial charge in [0.2, 0.25) is 0 Å².